The van der Waals surface area contributed by atoms with Crippen LogP contribution in [0.25, 0.3) is 0 Å². The van der Waals surface area contributed by atoms with Gasteiger partial charge in [-0.05, 0) is 37.1 Å². The van der Waals surface area contributed by atoms with Crippen molar-refractivity contribution in [1.29, 1.82) is 0 Å². The van der Waals surface area contributed by atoms with Crippen LogP contribution in [0.5, 0.6) is 0 Å². The minimum absolute atomic E-state index is 0. The minimum Gasteiger partial charge on any atom is -1.00 e. The maximum atomic E-state index is 11.3. The number of hydrogen-bond acceptors (Lipinski definition) is 11. The number of esters is 2. The molecule has 3 rings (SSSR count). The summed E-state index contributed by atoms with van der Waals surface area (Å²) in [5, 5.41) is 16.7. The second-order valence-electron chi connectivity index (χ2n) is 12.8. The third-order valence-electron chi connectivity index (χ3n) is 6.22. The molecule has 1 saturated heterocycles. The molecule has 0 spiro atoms. The molecule has 1 aliphatic heterocycles. The van der Waals surface area contributed by atoms with Gasteiger partial charge in [-0.1, -0.05) is 50.9 Å². The van der Waals surface area contributed by atoms with E-state index in [1.54, 1.807) is 24.8 Å². The van der Waals surface area contributed by atoms with E-state index >= 15 is 0 Å². The zero-order valence-corrected chi connectivity index (χ0v) is 35.3. The third-order valence-corrected chi connectivity index (χ3v) is 9.78. The number of aliphatic hydroxyl groups excluding tert-OH is 1. The molecule has 1 fully saturated rings. The van der Waals surface area contributed by atoms with Crippen LogP contribution >= 0.6 is 11.6 Å². The van der Waals surface area contributed by atoms with E-state index in [4.69, 9.17) is 35.7 Å². The van der Waals surface area contributed by atoms with Crippen molar-refractivity contribution >= 4 is 39.7 Å². The van der Waals surface area contributed by atoms with Crippen molar-refractivity contribution in [2.45, 2.75) is 77.4 Å². The van der Waals surface area contributed by atoms with Gasteiger partial charge in [0.25, 0.3) is 0 Å². The first-order valence-electron chi connectivity index (χ1n) is 15.3. The molecule has 17 heteroatoms. The summed E-state index contributed by atoms with van der Waals surface area (Å²) >= 11 is 5.32. The first-order chi connectivity index (χ1) is 21.6. The van der Waals surface area contributed by atoms with Crippen molar-refractivity contribution in [1.82, 2.24) is 19.6 Å². The summed E-state index contributed by atoms with van der Waals surface area (Å²) in [5.74, 6) is -0.941. The molecule has 0 atom stereocenters. The summed E-state index contributed by atoms with van der Waals surface area (Å²) in [6.07, 6.45) is 2.56. The van der Waals surface area contributed by atoms with Gasteiger partial charge < -0.3 is 35.0 Å². The third kappa shape index (κ3) is 24.6. The van der Waals surface area contributed by atoms with Crippen molar-refractivity contribution in [3.8, 4) is 0 Å². The number of aryl methyl sites for hydroxylation is 2. The number of aliphatic hydroxyl groups is 1. The van der Waals surface area contributed by atoms with Gasteiger partial charge in [0.1, 0.15) is 12.9 Å². The Hall–Kier alpha value is -1.12. The van der Waals surface area contributed by atoms with Crippen molar-refractivity contribution in [3.05, 3.63) is 34.9 Å². The fourth-order valence-corrected chi connectivity index (χ4v) is 4.91. The van der Waals surface area contributed by atoms with Crippen molar-refractivity contribution < 1.29 is 74.1 Å². The number of rotatable bonds is 14. The Morgan fingerprint density at radius 3 is 1.66 bits per heavy atom. The Bertz CT molecular complexity index is 1120. The Morgan fingerprint density at radius 1 is 0.851 bits per heavy atom. The monoisotopic (exact) mass is 732 g/mol. The smallest absolute Gasteiger partial charge is 1.00 e. The second-order valence-corrected chi connectivity index (χ2v) is 24.2. The molecule has 0 bridgehead atoms. The zero-order chi connectivity index (χ0) is 35.2. The van der Waals surface area contributed by atoms with E-state index in [2.05, 4.69) is 59.0 Å². The molecule has 0 amide bonds. The van der Waals surface area contributed by atoms with E-state index in [0.29, 0.717) is 18.4 Å². The van der Waals surface area contributed by atoms with Gasteiger partial charge in [-0.2, -0.15) is 10.2 Å². The molecule has 268 valence electrons. The maximum Gasteiger partial charge on any atom is 1.00 e. The summed E-state index contributed by atoms with van der Waals surface area (Å²) in [5.41, 5.74) is 1.88. The van der Waals surface area contributed by atoms with E-state index in [9.17, 15) is 9.59 Å². The topological polar surface area (TPSA) is 145 Å². The molecular weight excluding hydrogens is 675 g/mol. The summed E-state index contributed by atoms with van der Waals surface area (Å²) in [7, 11) is 4.10. The number of aromatic nitrogens is 4. The molecule has 0 aliphatic carbocycles. The van der Waals surface area contributed by atoms with Gasteiger partial charge in [0.2, 0.25) is 0 Å². The van der Waals surface area contributed by atoms with Crippen molar-refractivity contribution in [2.75, 3.05) is 53.5 Å². The summed E-state index contributed by atoms with van der Waals surface area (Å²) < 4.78 is 32.9. The Morgan fingerprint density at radius 2 is 1.30 bits per heavy atom. The Balaban J connectivity index is -0.000000616. The molecular formula is C30H58ClN4NaO9Si2. The number of halogens is 1. The van der Waals surface area contributed by atoms with Crippen LogP contribution < -0.4 is 29.6 Å². The van der Waals surface area contributed by atoms with Gasteiger partial charge in [0, 0.05) is 56.7 Å². The van der Waals surface area contributed by atoms with Crippen molar-refractivity contribution in [2.24, 2.45) is 14.1 Å². The molecule has 0 saturated carbocycles. The summed E-state index contributed by atoms with van der Waals surface area (Å²) in [6.45, 7) is 17.9. The largest absolute Gasteiger partial charge is 1.00 e. The fourth-order valence-electron chi connectivity index (χ4n) is 3.29. The molecule has 2 aromatic rings. The molecule has 3 heterocycles. The molecule has 0 radical (unpaired) electrons. The van der Waals surface area contributed by atoms with Gasteiger partial charge in [-0.15, -0.1) is 0 Å². The maximum absolute atomic E-state index is 11.3. The predicted molar refractivity (Wildman–Crippen MR) is 185 cm³/mol. The van der Waals surface area contributed by atoms with Crippen LogP contribution in [-0.4, -0.2) is 106 Å². The number of ether oxygens (including phenoxy) is 6. The van der Waals surface area contributed by atoms with Gasteiger partial charge in [-0.25, -0.2) is 9.59 Å². The average Bonchev–Trinajstić information content (AvgIpc) is 3.76. The molecule has 2 aromatic heterocycles. The number of hydrogen-bond donors (Lipinski definition) is 1. The quantitative estimate of drug-likeness (QED) is 0.100. The van der Waals surface area contributed by atoms with Crippen LogP contribution in [0.15, 0.2) is 12.1 Å². The first-order valence-corrected chi connectivity index (χ1v) is 23.2. The predicted octanol–water partition coefficient (Wildman–Crippen LogP) is 2.19. The van der Waals surface area contributed by atoms with Gasteiger partial charge in [0.05, 0.1) is 38.8 Å². The van der Waals surface area contributed by atoms with Gasteiger partial charge in [0.15, 0.2) is 11.4 Å². The van der Waals surface area contributed by atoms with Crippen LogP contribution in [0, 0.1) is 0 Å². The Labute approximate surface area is 311 Å². The number of carbonyl (C=O) groups is 2. The standard InChI is InChI=1S/C13H24N2O4Si.C7H10N2O3.C6H15ClOSi.C4H8O.Na.H/c1-15-11(8-12(14-15)13(16)17-2)9-19-10-18-6-7-20(3,4)5;1-9-5(4-10)3-6(8-9)7(11)12-2;1-9(2,3)5-4-8-6-7;1-2-4-5-3-1;;/h8H,6-7,9-10H2,1-5H3;3,10H,4H2,1-2H3;4-6H2,1-3H3;1-4H2;;/q;;;;+1;-1. The molecule has 13 nitrogen and oxygen atoms in total. The molecule has 0 aromatic carbocycles. The van der Waals surface area contributed by atoms with E-state index in [1.165, 1.54) is 43.9 Å². The van der Waals surface area contributed by atoms with E-state index in [1.807, 2.05) is 0 Å². The zero-order valence-electron chi connectivity index (χ0n) is 31.5. The van der Waals surface area contributed by atoms with Gasteiger partial charge in [-0.3, -0.25) is 9.36 Å². The second kappa shape index (κ2) is 26.7. The summed E-state index contributed by atoms with van der Waals surface area (Å²) in [4.78, 5) is 22.2. The average molecular weight is 733 g/mol. The molecule has 1 aliphatic rings. The van der Waals surface area contributed by atoms with E-state index in [-0.39, 0.29) is 55.8 Å². The fraction of sp³-hybridized carbons (Fsp3) is 0.733. The number of methoxy groups -OCH3 is 2. The van der Waals surface area contributed by atoms with Crippen molar-refractivity contribution in [3.63, 3.8) is 0 Å². The molecule has 0 unspecified atom stereocenters. The van der Waals surface area contributed by atoms with E-state index < -0.39 is 28.1 Å². The minimum atomic E-state index is -1.05. The Kier molecular flexibility index (Phi) is 27.3. The number of alkyl halides is 1. The number of carbonyl (C=O) groups excluding carboxylic acids is 2. The SMILES string of the molecule is C1CCOC1.COC(=O)c1cc(CO)n(C)n1.COC(=O)c1cc(COCOCC[Si](C)(C)C)n(C)n1.C[Si](C)(C)CCOCCl.[H-].[Na+]. The van der Waals surface area contributed by atoms with Crippen LogP contribution in [0.2, 0.25) is 51.4 Å². The molecule has 1 N–H and O–H groups in total. The van der Waals surface area contributed by atoms with Gasteiger partial charge >= 0.3 is 41.5 Å². The van der Waals surface area contributed by atoms with E-state index in [0.717, 1.165) is 38.2 Å². The van der Waals surface area contributed by atoms with Crippen LogP contribution in [0.1, 0.15) is 46.6 Å². The van der Waals surface area contributed by atoms with Crippen LogP contribution in [0.4, 0.5) is 0 Å². The number of nitrogens with zero attached hydrogens (tertiary/aromatic N) is 4. The summed E-state index contributed by atoms with van der Waals surface area (Å²) in [6, 6.07) is 5.82. The van der Waals surface area contributed by atoms with Crippen LogP contribution in [-0.2, 0) is 55.7 Å². The normalized spacial score (nSPS) is 12.3. The molecule has 47 heavy (non-hydrogen) atoms. The van der Waals surface area contributed by atoms with Crippen LogP contribution in [0.3, 0.4) is 0 Å². The first kappa shape index (κ1) is 48.0.